The number of nitrogens with two attached hydrogens (primary N) is 1. The largest absolute Gasteiger partial charge is 0.481 e. The molecule has 1 aliphatic rings. The minimum Gasteiger partial charge on any atom is -0.481 e. The molecule has 1 aromatic carbocycles. The highest BCUT2D eigenvalue weighted by atomic mass is 16.4. The van der Waals surface area contributed by atoms with Crippen LogP contribution in [0.25, 0.3) is 0 Å². The van der Waals surface area contributed by atoms with Gasteiger partial charge in [-0.3, -0.25) is 9.59 Å². The van der Waals surface area contributed by atoms with E-state index < -0.39 is 17.8 Å². The summed E-state index contributed by atoms with van der Waals surface area (Å²) >= 11 is 0. The van der Waals surface area contributed by atoms with Crippen LogP contribution in [0.15, 0.2) is 24.3 Å². The summed E-state index contributed by atoms with van der Waals surface area (Å²) in [6.45, 7) is 2.41. The number of nitrogens with zero attached hydrogens (tertiary/aromatic N) is 1. The molecule has 112 valence electrons. The van der Waals surface area contributed by atoms with Crippen molar-refractivity contribution in [2.45, 2.75) is 6.92 Å². The van der Waals surface area contributed by atoms with Gasteiger partial charge in [0.05, 0.1) is 5.92 Å². The van der Waals surface area contributed by atoms with Crippen LogP contribution >= 0.6 is 0 Å². The van der Waals surface area contributed by atoms with E-state index in [2.05, 4.69) is 5.32 Å². The molecule has 21 heavy (non-hydrogen) atoms. The van der Waals surface area contributed by atoms with E-state index in [0.717, 1.165) is 0 Å². The molecule has 1 aliphatic heterocycles. The van der Waals surface area contributed by atoms with Crippen molar-refractivity contribution < 1.29 is 19.5 Å². The Morgan fingerprint density at radius 3 is 2.33 bits per heavy atom. The molecule has 7 nitrogen and oxygen atoms in total. The number of aliphatic carboxylic acids is 1. The first-order valence-electron chi connectivity index (χ1n) is 6.57. The van der Waals surface area contributed by atoms with Crippen molar-refractivity contribution in [2.24, 2.45) is 17.6 Å². The Kier molecular flexibility index (Phi) is 4.11. The number of carboxylic acid groups (broad SMARTS) is 1. The fourth-order valence-electron chi connectivity index (χ4n) is 2.37. The Balaban J connectivity index is 1.99. The second-order valence-electron chi connectivity index (χ2n) is 5.20. The maximum atomic E-state index is 12.1. The Hall–Kier alpha value is -2.57. The number of anilines is 1. The van der Waals surface area contributed by atoms with Crippen LogP contribution in [0.3, 0.4) is 0 Å². The summed E-state index contributed by atoms with van der Waals surface area (Å²) in [6, 6.07) is 5.84. The van der Waals surface area contributed by atoms with Gasteiger partial charge in [0.2, 0.25) is 5.91 Å². The van der Waals surface area contributed by atoms with Crippen molar-refractivity contribution in [3.05, 3.63) is 29.8 Å². The summed E-state index contributed by atoms with van der Waals surface area (Å²) in [5.74, 6) is -2.03. The quantitative estimate of drug-likeness (QED) is 0.770. The molecule has 1 fully saturated rings. The number of likely N-dealkylation sites (tertiary alicyclic amines) is 1. The van der Waals surface area contributed by atoms with E-state index in [0.29, 0.717) is 17.8 Å². The van der Waals surface area contributed by atoms with Crippen molar-refractivity contribution in [3.63, 3.8) is 0 Å². The van der Waals surface area contributed by atoms with Gasteiger partial charge in [0, 0.05) is 24.3 Å². The molecule has 2 atom stereocenters. The van der Waals surface area contributed by atoms with Gasteiger partial charge in [-0.05, 0) is 30.2 Å². The number of rotatable bonds is 3. The lowest BCUT2D eigenvalue weighted by Crippen LogP contribution is -2.33. The van der Waals surface area contributed by atoms with Crippen molar-refractivity contribution >= 4 is 23.6 Å². The number of nitrogens with one attached hydrogen (secondary N) is 1. The number of hydrogen-bond acceptors (Lipinski definition) is 3. The molecular weight excluding hydrogens is 274 g/mol. The molecule has 2 rings (SSSR count). The maximum absolute atomic E-state index is 12.1. The summed E-state index contributed by atoms with van der Waals surface area (Å²) in [4.78, 5) is 35.5. The minimum atomic E-state index is -0.886. The van der Waals surface area contributed by atoms with Crippen LogP contribution in [-0.2, 0) is 4.79 Å². The smallest absolute Gasteiger partial charge is 0.321 e. The van der Waals surface area contributed by atoms with Crippen molar-refractivity contribution in [2.75, 3.05) is 18.4 Å². The lowest BCUT2D eigenvalue weighted by atomic mass is 9.99. The van der Waals surface area contributed by atoms with Gasteiger partial charge in [0.25, 0.3) is 0 Å². The van der Waals surface area contributed by atoms with Crippen LogP contribution in [0.1, 0.15) is 17.3 Å². The Labute approximate surface area is 121 Å². The third-order valence-corrected chi connectivity index (χ3v) is 3.64. The van der Waals surface area contributed by atoms with Crippen LogP contribution in [0.2, 0.25) is 0 Å². The van der Waals surface area contributed by atoms with Gasteiger partial charge < -0.3 is 21.1 Å². The first kappa shape index (κ1) is 14.8. The average molecular weight is 291 g/mol. The lowest BCUT2D eigenvalue weighted by Gasteiger charge is -2.17. The number of carboxylic acids is 1. The molecule has 0 spiro atoms. The van der Waals surface area contributed by atoms with Crippen LogP contribution in [0.4, 0.5) is 10.5 Å². The highest BCUT2D eigenvalue weighted by Crippen LogP contribution is 2.23. The molecular formula is C14H17N3O4. The van der Waals surface area contributed by atoms with Crippen LogP contribution in [-0.4, -0.2) is 41.0 Å². The van der Waals surface area contributed by atoms with Gasteiger partial charge in [0.1, 0.15) is 0 Å². The second-order valence-corrected chi connectivity index (χ2v) is 5.20. The van der Waals surface area contributed by atoms with E-state index in [-0.39, 0.29) is 18.5 Å². The number of benzene rings is 1. The van der Waals surface area contributed by atoms with Gasteiger partial charge in [-0.1, -0.05) is 6.92 Å². The predicted molar refractivity (Wildman–Crippen MR) is 75.8 cm³/mol. The van der Waals surface area contributed by atoms with Crippen LogP contribution in [0, 0.1) is 11.8 Å². The van der Waals surface area contributed by atoms with E-state index in [1.54, 1.807) is 12.1 Å². The summed E-state index contributed by atoms with van der Waals surface area (Å²) in [7, 11) is 0. The van der Waals surface area contributed by atoms with Gasteiger partial charge >= 0.3 is 12.0 Å². The molecule has 1 heterocycles. The Bertz CT molecular complexity index is 570. The molecule has 3 amide bonds. The fraction of sp³-hybridized carbons (Fsp3) is 0.357. The number of carbonyl (C=O) groups excluding carboxylic acids is 2. The Morgan fingerprint density at radius 2 is 1.86 bits per heavy atom. The standard InChI is InChI=1S/C14H17N3O4/c1-8-6-17(7-11(8)13(19)20)14(21)16-10-4-2-9(3-5-10)12(15)18/h2-5,8,11H,6-7H2,1H3,(H2,15,18)(H,16,21)(H,19,20)/t8-,11-/m1/s1. The number of amides is 3. The highest BCUT2D eigenvalue weighted by molar-refractivity contribution is 5.94. The molecule has 0 unspecified atom stereocenters. The van der Waals surface area contributed by atoms with Crippen LogP contribution < -0.4 is 11.1 Å². The maximum Gasteiger partial charge on any atom is 0.321 e. The number of urea groups is 1. The van der Waals surface area contributed by atoms with E-state index in [1.165, 1.54) is 17.0 Å². The topological polar surface area (TPSA) is 113 Å². The zero-order valence-electron chi connectivity index (χ0n) is 11.6. The molecule has 0 saturated carbocycles. The molecule has 7 heteroatoms. The number of primary amides is 1. The third kappa shape index (κ3) is 3.31. The van der Waals surface area contributed by atoms with E-state index in [4.69, 9.17) is 10.8 Å². The average Bonchev–Trinajstić information content (AvgIpc) is 2.81. The zero-order valence-corrected chi connectivity index (χ0v) is 11.6. The Morgan fingerprint density at radius 1 is 1.24 bits per heavy atom. The van der Waals surface area contributed by atoms with Crippen molar-refractivity contribution in [1.29, 1.82) is 0 Å². The molecule has 0 bridgehead atoms. The molecule has 0 radical (unpaired) electrons. The fourth-order valence-corrected chi connectivity index (χ4v) is 2.37. The first-order valence-corrected chi connectivity index (χ1v) is 6.57. The normalized spacial score (nSPS) is 21.1. The molecule has 1 saturated heterocycles. The third-order valence-electron chi connectivity index (χ3n) is 3.64. The van der Waals surface area contributed by atoms with Crippen molar-refractivity contribution in [3.8, 4) is 0 Å². The van der Waals surface area contributed by atoms with Crippen molar-refractivity contribution in [1.82, 2.24) is 4.90 Å². The van der Waals surface area contributed by atoms with Gasteiger partial charge in [-0.25, -0.2) is 4.79 Å². The molecule has 0 aromatic heterocycles. The number of hydrogen-bond donors (Lipinski definition) is 3. The lowest BCUT2D eigenvalue weighted by molar-refractivity contribution is -0.142. The van der Waals surface area contributed by atoms with Gasteiger partial charge in [-0.2, -0.15) is 0 Å². The SMILES string of the molecule is C[C@@H]1CN(C(=O)Nc2ccc(C(N)=O)cc2)C[C@H]1C(=O)O. The molecule has 4 N–H and O–H groups in total. The van der Waals surface area contributed by atoms with E-state index in [1.807, 2.05) is 6.92 Å². The number of carbonyl (C=O) groups is 3. The van der Waals surface area contributed by atoms with Gasteiger partial charge in [-0.15, -0.1) is 0 Å². The first-order chi connectivity index (χ1) is 9.88. The summed E-state index contributed by atoms with van der Waals surface area (Å²) in [6.07, 6.45) is 0. The second kappa shape index (κ2) is 5.82. The molecule has 1 aromatic rings. The van der Waals surface area contributed by atoms with E-state index in [9.17, 15) is 14.4 Å². The molecule has 0 aliphatic carbocycles. The van der Waals surface area contributed by atoms with E-state index >= 15 is 0 Å². The summed E-state index contributed by atoms with van der Waals surface area (Å²) in [5.41, 5.74) is 6.01. The highest BCUT2D eigenvalue weighted by Gasteiger charge is 2.36. The van der Waals surface area contributed by atoms with Gasteiger partial charge in [0.15, 0.2) is 0 Å². The minimum absolute atomic E-state index is 0.0783. The monoisotopic (exact) mass is 291 g/mol. The summed E-state index contributed by atoms with van der Waals surface area (Å²) in [5, 5.41) is 11.7. The van der Waals surface area contributed by atoms with Crippen LogP contribution in [0.5, 0.6) is 0 Å². The predicted octanol–water partition coefficient (Wildman–Crippen LogP) is 0.970. The summed E-state index contributed by atoms with van der Waals surface area (Å²) < 4.78 is 0. The zero-order chi connectivity index (χ0) is 15.6.